The molecule has 0 unspecified atom stereocenters. The van der Waals surface area contributed by atoms with Crippen LogP contribution in [0.5, 0.6) is 0 Å². The summed E-state index contributed by atoms with van der Waals surface area (Å²) in [6.07, 6.45) is 2.49. The number of hydrogen-bond donors (Lipinski definition) is 1. The third-order valence-electron chi connectivity index (χ3n) is 3.74. The van der Waals surface area contributed by atoms with Gasteiger partial charge in [0.05, 0.1) is 5.60 Å². The molecule has 0 aromatic carbocycles. The third kappa shape index (κ3) is 3.70. The van der Waals surface area contributed by atoms with Gasteiger partial charge in [-0.05, 0) is 38.5 Å². The van der Waals surface area contributed by atoms with Gasteiger partial charge in [0.1, 0.15) is 0 Å². The van der Waals surface area contributed by atoms with Crippen molar-refractivity contribution in [2.24, 2.45) is 0 Å². The van der Waals surface area contributed by atoms with Gasteiger partial charge in [0.15, 0.2) is 0 Å². The molecule has 1 aliphatic heterocycles. The zero-order valence-corrected chi connectivity index (χ0v) is 13.0. The molecule has 6 heteroatoms. The summed E-state index contributed by atoms with van der Waals surface area (Å²) >= 11 is 0. The summed E-state index contributed by atoms with van der Waals surface area (Å²) in [7, 11) is 3.99. The van der Waals surface area contributed by atoms with Crippen molar-refractivity contribution in [2.45, 2.75) is 44.6 Å². The van der Waals surface area contributed by atoms with E-state index in [4.69, 9.17) is 4.52 Å². The van der Waals surface area contributed by atoms with Crippen LogP contribution in [-0.2, 0) is 0 Å². The Bertz CT molecular complexity index is 433. The van der Waals surface area contributed by atoms with Crippen LogP contribution in [-0.4, -0.2) is 59.5 Å². The molecule has 1 fully saturated rings. The smallest absolute Gasteiger partial charge is 0.266 e. The van der Waals surface area contributed by atoms with Crippen LogP contribution in [0.1, 0.15) is 44.9 Å². The van der Waals surface area contributed by atoms with Gasteiger partial charge in [-0.2, -0.15) is 4.98 Å². The topological polar surface area (TPSA) is 65.6 Å². The highest BCUT2D eigenvalue weighted by Gasteiger charge is 2.31. The minimum atomic E-state index is -0.608. The van der Waals surface area contributed by atoms with Crippen LogP contribution < -0.4 is 4.90 Å². The maximum atomic E-state index is 10.6. The minimum Gasteiger partial charge on any atom is -0.388 e. The van der Waals surface area contributed by atoms with Crippen molar-refractivity contribution < 1.29 is 9.63 Å². The summed E-state index contributed by atoms with van der Waals surface area (Å²) in [4.78, 5) is 8.60. The molecular formula is C14H26N4O2. The van der Waals surface area contributed by atoms with E-state index in [2.05, 4.69) is 15.0 Å². The first kappa shape index (κ1) is 15.3. The Morgan fingerprint density at radius 1 is 1.35 bits per heavy atom. The first-order valence-corrected chi connectivity index (χ1v) is 7.35. The molecule has 0 spiro atoms. The van der Waals surface area contributed by atoms with Crippen LogP contribution >= 0.6 is 0 Å². The molecule has 6 nitrogen and oxygen atoms in total. The molecule has 1 aliphatic rings. The Morgan fingerprint density at radius 3 is 2.70 bits per heavy atom. The zero-order valence-electron chi connectivity index (χ0n) is 13.0. The summed E-state index contributed by atoms with van der Waals surface area (Å²) in [5.74, 6) is 1.57. The minimum absolute atomic E-state index is 0.244. The summed E-state index contributed by atoms with van der Waals surface area (Å²) < 4.78 is 5.26. The molecule has 0 saturated carbocycles. The van der Waals surface area contributed by atoms with Gasteiger partial charge >= 0.3 is 0 Å². The van der Waals surface area contributed by atoms with E-state index < -0.39 is 5.60 Å². The third-order valence-corrected chi connectivity index (χ3v) is 3.74. The Balaban J connectivity index is 2.01. The van der Waals surface area contributed by atoms with Gasteiger partial charge in [-0.3, -0.25) is 0 Å². The van der Waals surface area contributed by atoms with Crippen molar-refractivity contribution in [2.75, 3.05) is 38.6 Å². The fraction of sp³-hybridized carbons (Fsp3) is 0.857. The number of anilines is 1. The van der Waals surface area contributed by atoms with Crippen molar-refractivity contribution in [3.63, 3.8) is 0 Å². The highest BCUT2D eigenvalue weighted by Crippen LogP contribution is 2.25. The van der Waals surface area contributed by atoms with Crippen LogP contribution in [0.15, 0.2) is 4.52 Å². The quantitative estimate of drug-likeness (QED) is 0.902. The standard InChI is InChI=1S/C14H26N4O2/c1-11(2)12-15-13(16-20-12)18-8-5-6-14(19,7-9-18)10-17(3)4/h11,19H,5-10H2,1-4H3/t14-/m1/s1. The second-order valence-corrected chi connectivity index (χ2v) is 6.39. The van der Waals surface area contributed by atoms with E-state index in [1.54, 1.807) is 0 Å². The molecule has 2 heterocycles. The number of aliphatic hydroxyl groups is 1. The Kier molecular flexibility index (Phi) is 4.65. The molecule has 0 aliphatic carbocycles. The molecule has 0 bridgehead atoms. The summed E-state index contributed by atoms with van der Waals surface area (Å²) in [6.45, 7) is 6.41. The molecule has 1 atom stereocenters. The first-order chi connectivity index (χ1) is 9.39. The summed E-state index contributed by atoms with van der Waals surface area (Å²) in [5.41, 5.74) is -0.608. The molecule has 2 rings (SSSR count). The Hall–Kier alpha value is -1.14. The van der Waals surface area contributed by atoms with E-state index in [0.717, 1.165) is 32.4 Å². The number of aromatic nitrogens is 2. The van der Waals surface area contributed by atoms with Gasteiger partial charge in [-0.25, -0.2) is 0 Å². The molecule has 0 radical (unpaired) electrons. The molecular weight excluding hydrogens is 256 g/mol. The largest absolute Gasteiger partial charge is 0.388 e. The molecule has 20 heavy (non-hydrogen) atoms. The number of nitrogens with zero attached hydrogens (tertiary/aromatic N) is 4. The van der Waals surface area contributed by atoms with E-state index in [-0.39, 0.29) is 5.92 Å². The second kappa shape index (κ2) is 6.10. The van der Waals surface area contributed by atoms with E-state index in [1.807, 2.05) is 32.8 Å². The second-order valence-electron chi connectivity index (χ2n) is 6.39. The Labute approximate surface area is 120 Å². The van der Waals surface area contributed by atoms with E-state index in [1.165, 1.54) is 0 Å². The van der Waals surface area contributed by atoms with E-state index >= 15 is 0 Å². The van der Waals surface area contributed by atoms with Gasteiger partial charge in [-0.1, -0.05) is 13.8 Å². The predicted molar refractivity (Wildman–Crippen MR) is 78.0 cm³/mol. The van der Waals surface area contributed by atoms with Crippen molar-refractivity contribution >= 4 is 5.95 Å². The molecule has 1 saturated heterocycles. The molecule has 114 valence electrons. The lowest BCUT2D eigenvalue weighted by Gasteiger charge is -2.29. The summed E-state index contributed by atoms with van der Waals surface area (Å²) in [5, 5.41) is 14.7. The molecule has 1 N–H and O–H groups in total. The fourth-order valence-corrected chi connectivity index (χ4v) is 2.72. The van der Waals surface area contributed by atoms with Crippen LogP contribution in [0.3, 0.4) is 0 Å². The number of rotatable bonds is 4. The van der Waals surface area contributed by atoms with Gasteiger partial charge < -0.3 is 19.4 Å². The monoisotopic (exact) mass is 282 g/mol. The van der Waals surface area contributed by atoms with Crippen LogP contribution in [0.25, 0.3) is 0 Å². The van der Waals surface area contributed by atoms with Gasteiger partial charge in [0, 0.05) is 25.6 Å². The normalized spacial score (nSPS) is 24.4. The molecule has 0 amide bonds. The molecule has 1 aromatic heterocycles. The van der Waals surface area contributed by atoms with E-state index in [0.29, 0.717) is 18.4 Å². The van der Waals surface area contributed by atoms with Crippen molar-refractivity contribution in [3.8, 4) is 0 Å². The number of likely N-dealkylation sites (N-methyl/N-ethyl adjacent to an activating group) is 1. The lowest BCUT2D eigenvalue weighted by Crippen LogP contribution is -2.41. The predicted octanol–water partition coefficient (Wildman–Crippen LogP) is 1.48. The number of hydrogen-bond acceptors (Lipinski definition) is 6. The van der Waals surface area contributed by atoms with Gasteiger partial charge in [0.25, 0.3) is 5.95 Å². The fourth-order valence-electron chi connectivity index (χ4n) is 2.72. The lowest BCUT2D eigenvalue weighted by atomic mass is 9.94. The highest BCUT2D eigenvalue weighted by atomic mass is 16.5. The average molecular weight is 282 g/mol. The first-order valence-electron chi connectivity index (χ1n) is 7.35. The van der Waals surface area contributed by atoms with Gasteiger partial charge in [0.2, 0.25) is 5.89 Å². The highest BCUT2D eigenvalue weighted by molar-refractivity contribution is 5.28. The van der Waals surface area contributed by atoms with Crippen LogP contribution in [0, 0.1) is 0 Å². The van der Waals surface area contributed by atoms with Crippen molar-refractivity contribution in [3.05, 3.63) is 5.89 Å². The van der Waals surface area contributed by atoms with Crippen molar-refractivity contribution in [1.29, 1.82) is 0 Å². The SMILES string of the molecule is CC(C)c1nc(N2CCC[C@](O)(CN(C)C)CC2)no1. The van der Waals surface area contributed by atoms with Crippen LogP contribution in [0.2, 0.25) is 0 Å². The lowest BCUT2D eigenvalue weighted by molar-refractivity contribution is 0.00536. The van der Waals surface area contributed by atoms with E-state index in [9.17, 15) is 5.11 Å². The van der Waals surface area contributed by atoms with Crippen molar-refractivity contribution in [1.82, 2.24) is 15.0 Å². The maximum Gasteiger partial charge on any atom is 0.266 e. The van der Waals surface area contributed by atoms with Crippen LogP contribution in [0.4, 0.5) is 5.95 Å². The zero-order chi connectivity index (χ0) is 14.8. The molecule has 1 aromatic rings. The average Bonchev–Trinajstić information content (AvgIpc) is 2.75. The Morgan fingerprint density at radius 2 is 2.10 bits per heavy atom. The van der Waals surface area contributed by atoms with Gasteiger partial charge in [-0.15, -0.1) is 0 Å². The maximum absolute atomic E-state index is 10.6. The summed E-state index contributed by atoms with van der Waals surface area (Å²) in [6, 6.07) is 0.